The molecule has 0 aliphatic carbocycles. The first kappa shape index (κ1) is 10.5. The van der Waals surface area contributed by atoms with Gasteiger partial charge in [0.1, 0.15) is 0 Å². The maximum Gasteiger partial charge on any atom is 0.311 e. The summed E-state index contributed by atoms with van der Waals surface area (Å²) in [4.78, 5) is 12.6. The van der Waals surface area contributed by atoms with Crippen LogP contribution in [0.4, 0.5) is 0 Å². The largest absolute Gasteiger partial charge is 0.466 e. The number of esters is 1. The van der Waals surface area contributed by atoms with Gasteiger partial charge in [-0.15, -0.1) is 0 Å². The molecule has 3 heteroatoms. The van der Waals surface area contributed by atoms with Crippen molar-refractivity contribution in [3.05, 3.63) is 0 Å². The smallest absolute Gasteiger partial charge is 0.311 e. The summed E-state index contributed by atoms with van der Waals surface area (Å²) in [6.07, 6.45) is 4.59. The molecule has 0 radical (unpaired) electrons. The molecule has 76 valence electrons. The molecule has 0 aromatic rings. The van der Waals surface area contributed by atoms with Crippen LogP contribution in [0, 0.1) is 0 Å². The lowest BCUT2D eigenvalue weighted by Crippen LogP contribution is -3.12. The topological polar surface area (TPSA) is 30.7 Å². The lowest BCUT2D eigenvalue weighted by atomic mass is 10.1. The lowest BCUT2D eigenvalue weighted by Gasteiger charge is -2.22. The Morgan fingerprint density at radius 1 is 1.31 bits per heavy atom. The van der Waals surface area contributed by atoms with Crippen molar-refractivity contribution < 1.29 is 14.4 Å². The first-order valence-corrected chi connectivity index (χ1v) is 5.32. The fourth-order valence-corrected chi connectivity index (χ4v) is 1.81. The van der Waals surface area contributed by atoms with Crippen molar-refractivity contribution in [1.29, 1.82) is 0 Å². The highest BCUT2D eigenvalue weighted by Gasteiger charge is 2.14. The van der Waals surface area contributed by atoms with Crippen molar-refractivity contribution in [3.8, 4) is 0 Å². The van der Waals surface area contributed by atoms with Gasteiger partial charge < -0.3 is 9.64 Å². The van der Waals surface area contributed by atoms with Crippen molar-refractivity contribution in [2.45, 2.75) is 32.6 Å². The zero-order chi connectivity index (χ0) is 9.52. The molecule has 1 aliphatic rings. The SMILES string of the molecule is CCOC(=O)CC[NH+]1CCCCC1. The van der Waals surface area contributed by atoms with Crippen LogP contribution in [0.3, 0.4) is 0 Å². The molecular weight excluding hydrogens is 166 g/mol. The number of rotatable bonds is 4. The van der Waals surface area contributed by atoms with Crippen LogP contribution in [0.5, 0.6) is 0 Å². The molecule has 3 nitrogen and oxygen atoms in total. The lowest BCUT2D eigenvalue weighted by molar-refractivity contribution is -0.904. The van der Waals surface area contributed by atoms with Gasteiger partial charge in [0.25, 0.3) is 0 Å². The first-order valence-electron chi connectivity index (χ1n) is 5.32. The Balaban J connectivity index is 2.06. The predicted octanol–water partition coefficient (Wildman–Crippen LogP) is 0.00840. The van der Waals surface area contributed by atoms with Crippen LogP contribution in [0.15, 0.2) is 0 Å². The number of likely N-dealkylation sites (tertiary alicyclic amines) is 1. The molecule has 0 saturated carbocycles. The minimum Gasteiger partial charge on any atom is -0.466 e. The Hall–Kier alpha value is -0.570. The van der Waals surface area contributed by atoms with Crippen molar-refractivity contribution in [1.82, 2.24) is 0 Å². The average Bonchev–Trinajstić information content (AvgIpc) is 2.17. The van der Waals surface area contributed by atoms with Gasteiger partial charge in [0.15, 0.2) is 0 Å². The quantitative estimate of drug-likeness (QED) is 0.627. The van der Waals surface area contributed by atoms with Gasteiger partial charge in [-0.05, 0) is 26.2 Å². The molecule has 0 aromatic carbocycles. The maximum absolute atomic E-state index is 11.1. The van der Waals surface area contributed by atoms with Crippen LogP contribution >= 0.6 is 0 Å². The third-order valence-corrected chi connectivity index (χ3v) is 2.55. The molecule has 1 N–H and O–H groups in total. The maximum atomic E-state index is 11.1. The summed E-state index contributed by atoms with van der Waals surface area (Å²) in [5, 5.41) is 0. The molecule has 1 fully saturated rings. The Bertz CT molecular complexity index is 153. The molecule has 0 amide bonds. The molecule has 1 saturated heterocycles. The summed E-state index contributed by atoms with van der Waals surface area (Å²) in [7, 11) is 0. The number of hydrogen-bond acceptors (Lipinski definition) is 2. The standard InChI is InChI=1S/C10H19NO2/c1-2-13-10(12)6-9-11-7-4-3-5-8-11/h2-9H2,1H3/p+1. The molecule has 0 bridgehead atoms. The van der Waals surface area contributed by atoms with E-state index in [1.54, 1.807) is 4.90 Å². The summed E-state index contributed by atoms with van der Waals surface area (Å²) in [5.74, 6) is -0.0411. The third kappa shape index (κ3) is 4.27. The van der Waals surface area contributed by atoms with Gasteiger partial charge in [0.2, 0.25) is 0 Å². The van der Waals surface area contributed by atoms with Crippen LogP contribution in [-0.4, -0.2) is 32.2 Å². The second-order valence-electron chi connectivity index (χ2n) is 3.62. The van der Waals surface area contributed by atoms with Crippen LogP contribution < -0.4 is 4.90 Å². The zero-order valence-corrected chi connectivity index (χ0v) is 8.47. The minimum absolute atomic E-state index is 0.0411. The summed E-state index contributed by atoms with van der Waals surface area (Å²) in [5.41, 5.74) is 0. The molecule has 0 spiro atoms. The van der Waals surface area contributed by atoms with E-state index < -0.39 is 0 Å². The second-order valence-corrected chi connectivity index (χ2v) is 3.62. The van der Waals surface area contributed by atoms with Crippen molar-refractivity contribution in [2.24, 2.45) is 0 Å². The van der Waals surface area contributed by atoms with E-state index in [9.17, 15) is 4.79 Å². The van der Waals surface area contributed by atoms with E-state index in [1.165, 1.54) is 32.4 Å². The molecule has 0 unspecified atom stereocenters. The number of piperidine rings is 1. The van der Waals surface area contributed by atoms with Gasteiger partial charge in [-0.1, -0.05) is 0 Å². The van der Waals surface area contributed by atoms with Gasteiger partial charge in [-0.25, -0.2) is 0 Å². The highest BCUT2D eigenvalue weighted by Crippen LogP contribution is 1.94. The van der Waals surface area contributed by atoms with Gasteiger partial charge in [-0.2, -0.15) is 0 Å². The fraction of sp³-hybridized carbons (Fsp3) is 0.900. The van der Waals surface area contributed by atoms with E-state index in [-0.39, 0.29) is 5.97 Å². The van der Waals surface area contributed by atoms with Crippen LogP contribution in [0.25, 0.3) is 0 Å². The normalized spacial score (nSPS) is 18.5. The van der Waals surface area contributed by atoms with Gasteiger partial charge >= 0.3 is 5.97 Å². The highest BCUT2D eigenvalue weighted by atomic mass is 16.5. The van der Waals surface area contributed by atoms with Crippen molar-refractivity contribution >= 4 is 5.97 Å². The molecule has 1 heterocycles. The predicted molar refractivity (Wildman–Crippen MR) is 50.7 cm³/mol. The molecular formula is C10H20NO2+. The van der Waals surface area contributed by atoms with Crippen LogP contribution in [0.2, 0.25) is 0 Å². The summed E-state index contributed by atoms with van der Waals surface area (Å²) >= 11 is 0. The van der Waals surface area contributed by atoms with Gasteiger partial charge in [0, 0.05) is 0 Å². The summed E-state index contributed by atoms with van der Waals surface area (Å²) in [6.45, 7) is 5.79. The Morgan fingerprint density at radius 3 is 2.62 bits per heavy atom. The summed E-state index contributed by atoms with van der Waals surface area (Å²) in [6, 6.07) is 0. The molecule has 1 aliphatic heterocycles. The third-order valence-electron chi connectivity index (χ3n) is 2.55. The number of carbonyl (C=O) groups excluding carboxylic acids is 1. The molecule has 1 rings (SSSR count). The number of hydrogen-bond donors (Lipinski definition) is 1. The van der Waals surface area contributed by atoms with E-state index in [4.69, 9.17) is 4.74 Å². The Morgan fingerprint density at radius 2 is 2.00 bits per heavy atom. The summed E-state index contributed by atoms with van der Waals surface area (Å²) < 4.78 is 4.88. The minimum atomic E-state index is -0.0411. The average molecular weight is 186 g/mol. The van der Waals surface area contributed by atoms with E-state index in [0.717, 1.165) is 6.54 Å². The van der Waals surface area contributed by atoms with Crippen LogP contribution in [-0.2, 0) is 9.53 Å². The molecule has 0 aromatic heterocycles. The van der Waals surface area contributed by atoms with Gasteiger partial charge in [0.05, 0.1) is 32.7 Å². The zero-order valence-electron chi connectivity index (χ0n) is 8.47. The number of ether oxygens (including phenoxy) is 1. The van der Waals surface area contributed by atoms with E-state index >= 15 is 0 Å². The number of nitrogens with one attached hydrogen (secondary N) is 1. The molecule has 0 atom stereocenters. The van der Waals surface area contributed by atoms with E-state index in [1.807, 2.05) is 6.92 Å². The number of quaternary nitrogens is 1. The Labute approximate surface area is 80.1 Å². The van der Waals surface area contributed by atoms with Crippen molar-refractivity contribution in [2.75, 3.05) is 26.2 Å². The van der Waals surface area contributed by atoms with E-state index in [0.29, 0.717) is 13.0 Å². The first-order chi connectivity index (χ1) is 6.33. The fourth-order valence-electron chi connectivity index (χ4n) is 1.81. The number of carbonyl (C=O) groups is 1. The van der Waals surface area contributed by atoms with Crippen LogP contribution in [0.1, 0.15) is 32.6 Å². The second kappa shape index (κ2) is 5.97. The molecule has 13 heavy (non-hydrogen) atoms. The van der Waals surface area contributed by atoms with Crippen molar-refractivity contribution in [3.63, 3.8) is 0 Å². The highest BCUT2D eigenvalue weighted by molar-refractivity contribution is 5.69. The van der Waals surface area contributed by atoms with Gasteiger partial charge in [-0.3, -0.25) is 4.79 Å². The monoisotopic (exact) mass is 186 g/mol. The Kier molecular flexibility index (Phi) is 4.83. The van der Waals surface area contributed by atoms with E-state index in [2.05, 4.69) is 0 Å².